The molecule has 0 aliphatic carbocycles. The number of pyridine rings is 1. The smallest absolute Gasteiger partial charge is 0.257 e. The number of aliphatic hydroxyl groups is 1. The summed E-state index contributed by atoms with van der Waals surface area (Å²) < 4.78 is 24.4. The van der Waals surface area contributed by atoms with Crippen molar-refractivity contribution < 1.29 is 28.6 Å². The molecular formula is C27H29FN2O5. The molecule has 2 N–H and O–H groups in total. The van der Waals surface area contributed by atoms with Crippen molar-refractivity contribution in [3.05, 3.63) is 77.2 Å². The van der Waals surface area contributed by atoms with Gasteiger partial charge in [0.15, 0.2) is 23.9 Å². The maximum Gasteiger partial charge on any atom is 0.257 e. The normalized spacial score (nSPS) is 12.5. The molecule has 1 atom stereocenters. The molecule has 0 aliphatic rings. The van der Waals surface area contributed by atoms with Crippen LogP contribution in [-0.4, -0.2) is 42.5 Å². The molecule has 3 aromatic rings. The van der Waals surface area contributed by atoms with E-state index >= 15 is 0 Å². The van der Waals surface area contributed by atoms with Crippen LogP contribution >= 0.6 is 0 Å². The fourth-order valence-electron chi connectivity index (χ4n) is 3.50. The van der Waals surface area contributed by atoms with E-state index in [2.05, 4.69) is 10.3 Å². The Labute approximate surface area is 203 Å². The number of ether oxygens (including phenoxy) is 2. The standard InChI is InChI=1S/C27H29FN2O5/c1-17-14-18(8-10-20(17)28)21-6-5-7-25(30-21)27(2,33)13-12-22(31)19-9-11-23(24(15-19)34-4)35-16-26(32)29-3/h5-11,14-15,33H,12-13,16H2,1-4H3,(H,29,32). The van der Waals surface area contributed by atoms with Crippen LogP contribution in [0.5, 0.6) is 11.5 Å². The van der Waals surface area contributed by atoms with E-state index in [9.17, 15) is 19.1 Å². The third-order valence-electron chi connectivity index (χ3n) is 5.72. The van der Waals surface area contributed by atoms with Gasteiger partial charge in [0, 0.05) is 24.6 Å². The fourth-order valence-corrected chi connectivity index (χ4v) is 3.50. The summed E-state index contributed by atoms with van der Waals surface area (Å²) in [5.74, 6) is -0.0984. The van der Waals surface area contributed by atoms with Crippen molar-refractivity contribution in [3.63, 3.8) is 0 Å². The summed E-state index contributed by atoms with van der Waals surface area (Å²) in [4.78, 5) is 28.8. The lowest BCUT2D eigenvalue weighted by molar-refractivity contribution is -0.122. The van der Waals surface area contributed by atoms with E-state index in [-0.39, 0.29) is 37.0 Å². The van der Waals surface area contributed by atoms with Crippen LogP contribution in [0, 0.1) is 12.7 Å². The average molecular weight is 481 g/mol. The number of aromatic nitrogens is 1. The van der Waals surface area contributed by atoms with Crippen LogP contribution < -0.4 is 14.8 Å². The Morgan fingerprint density at radius 2 is 1.89 bits per heavy atom. The maximum atomic E-state index is 13.6. The highest BCUT2D eigenvalue weighted by Crippen LogP contribution is 2.31. The van der Waals surface area contributed by atoms with Crippen LogP contribution in [0.25, 0.3) is 11.3 Å². The van der Waals surface area contributed by atoms with E-state index in [0.717, 1.165) is 5.56 Å². The van der Waals surface area contributed by atoms with Gasteiger partial charge in [-0.25, -0.2) is 9.37 Å². The average Bonchev–Trinajstić information content (AvgIpc) is 2.87. The van der Waals surface area contributed by atoms with Crippen LogP contribution in [-0.2, 0) is 10.4 Å². The number of halogens is 1. The van der Waals surface area contributed by atoms with Crippen LogP contribution in [0.15, 0.2) is 54.6 Å². The molecule has 8 heteroatoms. The van der Waals surface area contributed by atoms with Crippen molar-refractivity contribution in [1.29, 1.82) is 0 Å². The van der Waals surface area contributed by atoms with Gasteiger partial charge in [0.05, 0.1) is 18.5 Å². The zero-order valence-electron chi connectivity index (χ0n) is 20.2. The minimum Gasteiger partial charge on any atom is -0.493 e. The first-order valence-electron chi connectivity index (χ1n) is 11.2. The monoisotopic (exact) mass is 480 g/mol. The number of methoxy groups -OCH3 is 1. The second-order valence-corrected chi connectivity index (χ2v) is 8.40. The lowest BCUT2D eigenvalue weighted by Crippen LogP contribution is -2.25. The van der Waals surface area contributed by atoms with Gasteiger partial charge in [0.2, 0.25) is 0 Å². The first kappa shape index (κ1) is 25.8. The summed E-state index contributed by atoms with van der Waals surface area (Å²) >= 11 is 0. The summed E-state index contributed by atoms with van der Waals surface area (Å²) in [6.07, 6.45) is 0.206. The molecule has 1 aromatic heterocycles. The van der Waals surface area contributed by atoms with E-state index in [0.29, 0.717) is 34.0 Å². The first-order chi connectivity index (χ1) is 16.6. The number of nitrogens with zero attached hydrogens (tertiary/aromatic N) is 1. The predicted molar refractivity (Wildman–Crippen MR) is 130 cm³/mol. The SMILES string of the molecule is CNC(=O)COc1ccc(C(=O)CCC(C)(O)c2cccc(-c3ccc(F)c(C)c3)n2)cc1OC. The van der Waals surface area contributed by atoms with Crippen molar-refractivity contribution in [2.45, 2.75) is 32.3 Å². The Morgan fingerprint density at radius 1 is 1.11 bits per heavy atom. The second kappa shape index (κ2) is 11.1. The van der Waals surface area contributed by atoms with Gasteiger partial charge in [-0.3, -0.25) is 9.59 Å². The van der Waals surface area contributed by atoms with Crippen LogP contribution in [0.4, 0.5) is 4.39 Å². The summed E-state index contributed by atoms with van der Waals surface area (Å²) in [6.45, 7) is 3.12. The molecule has 0 spiro atoms. The lowest BCUT2D eigenvalue weighted by Gasteiger charge is -2.23. The number of ketones is 1. The van der Waals surface area contributed by atoms with Gasteiger partial charge in [-0.05, 0) is 74.4 Å². The van der Waals surface area contributed by atoms with Crippen molar-refractivity contribution in [1.82, 2.24) is 10.3 Å². The van der Waals surface area contributed by atoms with Gasteiger partial charge < -0.3 is 19.9 Å². The third-order valence-corrected chi connectivity index (χ3v) is 5.72. The van der Waals surface area contributed by atoms with Gasteiger partial charge in [0.25, 0.3) is 5.91 Å². The number of Topliss-reactive ketones (excluding diaryl/α,β-unsaturated/α-hetero) is 1. The van der Waals surface area contributed by atoms with Crippen molar-refractivity contribution in [2.75, 3.05) is 20.8 Å². The molecule has 0 aliphatic heterocycles. The number of hydrogen-bond donors (Lipinski definition) is 2. The number of likely N-dealkylation sites (N-methyl/N-ethyl adjacent to an activating group) is 1. The highest BCUT2D eigenvalue weighted by Gasteiger charge is 2.26. The largest absolute Gasteiger partial charge is 0.493 e. The molecule has 1 heterocycles. The number of carbonyl (C=O) groups is 2. The fraction of sp³-hybridized carbons (Fsp3) is 0.296. The van der Waals surface area contributed by atoms with Crippen molar-refractivity contribution >= 4 is 11.7 Å². The van der Waals surface area contributed by atoms with Gasteiger partial charge in [-0.1, -0.05) is 6.07 Å². The zero-order valence-corrected chi connectivity index (χ0v) is 20.2. The number of rotatable bonds is 10. The Morgan fingerprint density at radius 3 is 2.57 bits per heavy atom. The summed E-state index contributed by atoms with van der Waals surface area (Å²) in [7, 11) is 2.96. The minimum atomic E-state index is -1.36. The van der Waals surface area contributed by atoms with E-state index in [4.69, 9.17) is 9.47 Å². The molecule has 1 unspecified atom stereocenters. The molecule has 2 aromatic carbocycles. The molecule has 0 saturated heterocycles. The molecule has 3 rings (SSSR count). The van der Waals surface area contributed by atoms with Crippen LogP contribution in [0.3, 0.4) is 0 Å². The predicted octanol–water partition coefficient (Wildman–Crippen LogP) is 4.20. The van der Waals surface area contributed by atoms with E-state index in [1.54, 1.807) is 62.4 Å². The molecule has 0 radical (unpaired) electrons. The highest BCUT2D eigenvalue weighted by molar-refractivity contribution is 5.96. The molecule has 0 fully saturated rings. The Balaban J connectivity index is 1.71. The molecule has 0 bridgehead atoms. The van der Waals surface area contributed by atoms with E-state index in [1.165, 1.54) is 20.2 Å². The van der Waals surface area contributed by atoms with Crippen molar-refractivity contribution in [3.8, 4) is 22.8 Å². The van der Waals surface area contributed by atoms with E-state index in [1.807, 2.05) is 0 Å². The maximum absolute atomic E-state index is 13.6. The molecule has 35 heavy (non-hydrogen) atoms. The quantitative estimate of drug-likeness (QED) is 0.422. The zero-order chi connectivity index (χ0) is 25.6. The van der Waals surface area contributed by atoms with Gasteiger partial charge >= 0.3 is 0 Å². The van der Waals surface area contributed by atoms with Gasteiger partial charge in [-0.2, -0.15) is 0 Å². The van der Waals surface area contributed by atoms with Crippen LogP contribution in [0.2, 0.25) is 0 Å². The Hall–Kier alpha value is -3.78. The molecule has 1 amide bonds. The summed E-state index contributed by atoms with van der Waals surface area (Å²) in [5, 5.41) is 13.5. The number of amides is 1. The Bertz CT molecular complexity index is 1230. The summed E-state index contributed by atoms with van der Waals surface area (Å²) in [6, 6.07) is 14.7. The number of carbonyl (C=O) groups excluding carboxylic acids is 2. The minimum absolute atomic E-state index is 0.0656. The van der Waals surface area contributed by atoms with Gasteiger partial charge in [0.1, 0.15) is 11.4 Å². The number of benzene rings is 2. The lowest BCUT2D eigenvalue weighted by atomic mass is 9.92. The number of aryl methyl sites for hydroxylation is 1. The van der Waals surface area contributed by atoms with Crippen LogP contribution in [0.1, 0.15) is 41.4 Å². The number of nitrogens with one attached hydrogen (secondary N) is 1. The molecular weight excluding hydrogens is 451 g/mol. The number of hydrogen-bond acceptors (Lipinski definition) is 6. The van der Waals surface area contributed by atoms with Crippen molar-refractivity contribution in [2.24, 2.45) is 0 Å². The Kier molecular flexibility index (Phi) is 8.19. The van der Waals surface area contributed by atoms with E-state index < -0.39 is 5.60 Å². The first-order valence-corrected chi connectivity index (χ1v) is 11.2. The molecule has 0 saturated carbocycles. The highest BCUT2D eigenvalue weighted by atomic mass is 19.1. The topological polar surface area (TPSA) is 97.8 Å². The molecule has 184 valence electrons. The summed E-state index contributed by atoms with van der Waals surface area (Å²) in [5.41, 5.74) is 1.31. The third kappa shape index (κ3) is 6.42. The van der Waals surface area contributed by atoms with Gasteiger partial charge in [-0.15, -0.1) is 0 Å². The molecule has 7 nitrogen and oxygen atoms in total. The second-order valence-electron chi connectivity index (χ2n) is 8.40.